The first-order valence-corrected chi connectivity index (χ1v) is 8.76. The molecule has 0 saturated heterocycles. The average molecular weight is 305 g/mol. The molecule has 124 valence electrons. The SMILES string of the molecule is COc1ccc(C(O)C(C)NCCCC2CCCCC2)cc1. The molecular weight excluding hydrogens is 274 g/mol. The predicted octanol–water partition coefficient (Wildman–Crippen LogP) is 4.07. The van der Waals surface area contributed by atoms with E-state index >= 15 is 0 Å². The Kier molecular flexibility index (Phi) is 7.20. The molecule has 3 nitrogen and oxygen atoms in total. The molecule has 2 unspecified atom stereocenters. The number of hydrogen-bond donors (Lipinski definition) is 2. The van der Waals surface area contributed by atoms with Crippen LogP contribution in [0.15, 0.2) is 24.3 Å². The Bertz CT molecular complexity index is 412. The van der Waals surface area contributed by atoms with Crippen LogP contribution in [0.4, 0.5) is 0 Å². The lowest BCUT2D eigenvalue weighted by atomic mass is 9.86. The Labute approximate surface area is 135 Å². The van der Waals surface area contributed by atoms with Gasteiger partial charge >= 0.3 is 0 Å². The number of ether oxygens (including phenoxy) is 1. The summed E-state index contributed by atoms with van der Waals surface area (Å²) >= 11 is 0. The first-order chi connectivity index (χ1) is 10.7. The van der Waals surface area contributed by atoms with Crippen molar-refractivity contribution in [3.63, 3.8) is 0 Å². The van der Waals surface area contributed by atoms with Crippen molar-refractivity contribution in [3.05, 3.63) is 29.8 Å². The van der Waals surface area contributed by atoms with Gasteiger partial charge in [-0.2, -0.15) is 0 Å². The Hall–Kier alpha value is -1.06. The maximum absolute atomic E-state index is 10.4. The first kappa shape index (κ1) is 17.3. The van der Waals surface area contributed by atoms with Crippen LogP contribution in [0, 0.1) is 5.92 Å². The van der Waals surface area contributed by atoms with Crippen LogP contribution in [0.2, 0.25) is 0 Å². The zero-order chi connectivity index (χ0) is 15.8. The highest BCUT2D eigenvalue weighted by Crippen LogP contribution is 2.27. The van der Waals surface area contributed by atoms with Crippen molar-refractivity contribution in [3.8, 4) is 5.75 Å². The number of benzene rings is 1. The van der Waals surface area contributed by atoms with Crippen LogP contribution in [0.5, 0.6) is 5.75 Å². The van der Waals surface area contributed by atoms with Crippen molar-refractivity contribution < 1.29 is 9.84 Å². The number of aliphatic hydroxyl groups is 1. The summed E-state index contributed by atoms with van der Waals surface area (Å²) in [5, 5.41) is 13.9. The minimum Gasteiger partial charge on any atom is -0.497 e. The minimum atomic E-state index is -0.472. The van der Waals surface area contributed by atoms with Crippen molar-refractivity contribution in [1.29, 1.82) is 0 Å². The molecule has 3 heteroatoms. The van der Waals surface area contributed by atoms with Crippen molar-refractivity contribution in [1.82, 2.24) is 5.32 Å². The summed E-state index contributed by atoms with van der Waals surface area (Å²) in [4.78, 5) is 0. The van der Waals surface area contributed by atoms with E-state index in [1.165, 1.54) is 44.9 Å². The largest absolute Gasteiger partial charge is 0.497 e. The lowest BCUT2D eigenvalue weighted by Gasteiger charge is -2.23. The normalized spacial score (nSPS) is 18.9. The Morgan fingerprint density at radius 1 is 1.18 bits per heavy atom. The van der Waals surface area contributed by atoms with Gasteiger partial charge in [-0.1, -0.05) is 44.2 Å². The molecule has 0 heterocycles. The Morgan fingerprint density at radius 3 is 2.50 bits per heavy atom. The standard InChI is InChI=1S/C19H31NO2/c1-15(19(21)17-10-12-18(22-2)13-11-17)20-14-6-9-16-7-4-3-5-8-16/h10-13,15-16,19-21H,3-9,14H2,1-2H3. The molecule has 2 atom stereocenters. The average Bonchev–Trinajstić information content (AvgIpc) is 2.59. The number of methoxy groups -OCH3 is 1. The molecule has 22 heavy (non-hydrogen) atoms. The van der Waals surface area contributed by atoms with Crippen molar-refractivity contribution in [2.24, 2.45) is 5.92 Å². The van der Waals surface area contributed by atoms with Gasteiger partial charge in [-0.05, 0) is 49.9 Å². The molecular formula is C19H31NO2. The van der Waals surface area contributed by atoms with Crippen molar-refractivity contribution in [2.75, 3.05) is 13.7 Å². The topological polar surface area (TPSA) is 41.5 Å². The fraction of sp³-hybridized carbons (Fsp3) is 0.684. The minimum absolute atomic E-state index is 0.0692. The van der Waals surface area contributed by atoms with Gasteiger partial charge in [0.25, 0.3) is 0 Å². The van der Waals surface area contributed by atoms with Crippen LogP contribution < -0.4 is 10.1 Å². The smallest absolute Gasteiger partial charge is 0.118 e. The third-order valence-electron chi connectivity index (χ3n) is 4.91. The molecule has 0 aliphatic heterocycles. The number of hydrogen-bond acceptors (Lipinski definition) is 3. The molecule has 2 N–H and O–H groups in total. The van der Waals surface area contributed by atoms with E-state index < -0.39 is 6.10 Å². The maximum Gasteiger partial charge on any atom is 0.118 e. The van der Waals surface area contributed by atoms with E-state index in [-0.39, 0.29) is 6.04 Å². The van der Waals surface area contributed by atoms with E-state index in [9.17, 15) is 5.11 Å². The van der Waals surface area contributed by atoms with Crippen LogP contribution >= 0.6 is 0 Å². The number of aliphatic hydroxyl groups excluding tert-OH is 1. The van der Waals surface area contributed by atoms with Crippen LogP contribution in [0.3, 0.4) is 0 Å². The summed E-state index contributed by atoms with van der Waals surface area (Å²) in [6.45, 7) is 3.04. The number of nitrogens with one attached hydrogen (secondary N) is 1. The molecule has 0 aromatic heterocycles. The Morgan fingerprint density at radius 2 is 1.86 bits per heavy atom. The second-order valence-electron chi connectivity index (χ2n) is 6.61. The quantitative estimate of drug-likeness (QED) is 0.711. The van der Waals surface area contributed by atoms with E-state index in [1.54, 1.807) is 7.11 Å². The highest BCUT2D eigenvalue weighted by Gasteiger charge is 2.16. The van der Waals surface area contributed by atoms with Crippen LogP contribution in [0.25, 0.3) is 0 Å². The molecule has 0 spiro atoms. The highest BCUT2D eigenvalue weighted by molar-refractivity contribution is 5.28. The van der Waals surface area contributed by atoms with Gasteiger partial charge < -0.3 is 15.2 Å². The third kappa shape index (κ3) is 5.29. The van der Waals surface area contributed by atoms with Gasteiger partial charge in [-0.15, -0.1) is 0 Å². The summed E-state index contributed by atoms with van der Waals surface area (Å²) < 4.78 is 5.15. The van der Waals surface area contributed by atoms with Gasteiger partial charge in [0.2, 0.25) is 0 Å². The van der Waals surface area contributed by atoms with Gasteiger partial charge in [-0.25, -0.2) is 0 Å². The maximum atomic E-state index is 10.4. The number of rotatable bonds is 8. The summed E-state index contributed by atoms with van der Waals surface area (Å²) in [7, 11) is 1.65. The fourth-order valence-corrected chi connectivity index (χ4v) is 3.40. The highest BCUT2D eigenvalue weighted by atomic mass is 16.5. The zero-order valence-corrected chi connectivity index (χ0v) is 14.1. The predicted molar refractivity (Wildman–Crippen MR) is 91.2 cm³/mol. The lowest BCUT2D eigenvalue weighted by molar-refractivity contribution is 0.135. The molecule has 1 saturated carbocycles. The Balaban J connectivity index is 1.67. The third-order valence-corrected chi connectivity index (χ3v) is 4.91. The molecule has 0 amide bonds. The van der Waals surface area contributed by atoms with Gasteiger partial charge in [0.15, 0.2) is 0 Å². The molecule has 0 bridgehead atoms. The van der Waals surface area contributed by atoms with E-state index in [0.717, 1.165) is 23.8 Å². The molecule has 1 aromatic rings. The molecule has 0 radical (unpaired) electrons. The molecule has 1 aromatic carbocycles. The van der Waals surface area contributed by atoms with E-state index in [4.69, 9.17) is 4.74 Å². The summed E-state index contributed by atoms with van der Waals surface area (Å²) in [6, 6.07) is 7.73. The van der Waals surface area contributed by atoms with E-state index in [1.807, 2.05) is 24.3 Å². The van der Waals surface area contributed by atoms with Gasteiger partial charge in [-0.3, -0.25) is 0 Å². The molecule has 1 aliphatic rings. The summed E-state index contributed by atoms with van der Waals surface area (Å²) in [5.41, 5.74) is 0.938. The summed E-state index contributed by atoms with van der Waals surface area (Å²) in [5.74, 6) is 1.77. The molecule has 1 aliphatic carbocycles. The van der Waals surface area contributed by atoms with Gasteiger partial charge in [0.05, 0.1) is 13.2 Å². The summed E-state index contributed by atoms with van der Waals surface area (Å²) in [6.07, 6.45) is 9.19. The molecule has 2 rings (SSSR count). The van der Waals surface area contributed by atoms with Gasteiger partial charge in [0.1, 0.15) is 5.75 Å². The van der Waals surface area contributed by atoms with E-state index in [0.29, 0.717) is 0 Å². The lowest BCUT2D eigenvalue weighted by Crippen LogP contribution is -2.33. The molecule has 1 fully saturated rings. The first-order valence-electron chi connectivity index (χ1n) is 8.76. The van der Waals surface area contributed by atoms with Crippen molar-refractivity contribution in [2.45, 2.75) is 64.0 Å². The second-order valence-corrected chi connectivity index (χ2v) is 6.61. The second kappa shape index (κ2) is 9.16. The fourth-order valence-electron chi connectivity index (χ4n) is 3.40. The monoisotopic (exact) mass is 305 g/mol. The van der Waals surface area contributed by atoms with Crippen LogP contribution in [0.1, 0.15) is 63.5 Å². The van der Waals surface area contributed by atoms with Crippen molar-refractivity contribution >= 4 is 0 Å². The van der Waals surface area contributed by atoms with E-state index in [2.05, 4.69) is 12.2 Å². The van der Waals surface area contributed by atoms with Gasteiger partial charge in [0, 0.05) is 6.04 Å². The van der Waals surface area contributed by atoms with Crippen LogP contribution in [-0.2, 0) is 0 Å². The van der Waals surface area contributed by atoms with Crippen LogP contribution in [-0.4, -0.2) is 24.8 Å². The zero-order valence-electron chi connectivity index (χ0n) is 14.1.